The summed E-state index contributed by atoms with van der Waals surface area (Å²) in [5.41, 5.74) is 0.636. The second-order valence-corrected chi connectivity index (χ2v) is 6.52. The van der Waals surface area contributed by atoms with Crippen LogP contribution in [0.15, 0.2) is 58.9 Å². The minimum atomic E-state index is -4.53. The maximum absolute atomic E-state index is 13.0. The second kappa shape index (κ2) is 6.43. The van der Waals surface area contributed by atoms with Gasteiger partial charge in [0.2, 0.25) is 0 Å². The number of fused-ring (bicyclic) bond motifs is 1. The molecule has 2 aromatic carbocycles. The molecular formula is C19H15F3N4O2. The van der Waals surface area contributed by atoms with E-state index in [9.17, 15) is 22.8 Å². The zero-order valence-corrected chi connectivity index (χ0v) is 14.7. The van der Waals surface area contributed by atoms with Crippen LogP contribution in [0.2, 0.25) is 0 Å². The molecular weight excluding hydrogens is 373 g/mol. The number of hydrogen-bond acceptors (Lipinski definition) is 5. The number of amides is 2. The summed E-state index contributed by atoms with van der Waals surface area (Å²) in [6.07, 6.45) is -3.72. The molecule has 0 aliphatic carbocycles. The van der Waals surface area contributed by atoms with Crippen molar-refractivity contribution in [1.29, 1.82) is 0 Å². The van der Waals surface area contributed by atoms with E-state index in [1.807, 2.05) is 19.1 Å². The number of halogens is 3. The highest BCUT2D eigenvalue weighted by Crippen LogP contribution is 2.37. The highest BCUT2D eigenvalue weighted by molar-refractivity contribution is 6.26. The number of benzene rings is 2. The highest BCUT2D eigenvalue weighted by atomic mass is 19.4. The average Bonchev–Trinajstić information content (AvgIpc) is 3.22. The maximum Gasteiger partial charge on any atom is 0.416 e. The summed E-state index contributed by atoms with van der Waals surface area (Å²) in [6, 6.07) is 9.23. The SMILES string of the molecule is CCc1ccc(N2C(=O)[C@@H]3[C@@H](N=NN3c3cccc(C(F)(F)F)c3)C2=O)cc1. The molecule has 0 aromatic heterocycles. The molecule has 2 amide bonds. The maximum atomic E-state index is 13.0. The summed E-state index contributed by atoms with van der Waals surface area (Å²) in [6.45, 7) is 1.99. The molecule has 1 fully saturated rings. The number of alkyl halides is 3. The lowest BCUT2D eigenvalue weighted by atomic mass is 10.1. The first-order valence-corrected chi connectivity index (χ1v) is 8.65. The van der Waals surface area contributed by atoms with Gasteiger partial charge in [-0.3, -0.25) is 9.59 Å². The minimum absolute atomic E-state index is 0.0513. The van der Waals surface area contributed by atoms with Gasteiger partial charge in [-0.25, -0.2) is 9.91 Å². The van der Waals surface area contributed by atoms with Gasteiger partial charge in [0.15, 0.2) is 12.1 Å². The number of nitrogens with zero attached hydrogens (tertiary/aromatic N) is 4. The summed E-state index contributed by atoms with van der Waals surface area (Å²) in [7, 11) is 0. The Kier molecular flexibility index (Phi) is 4.17. The van der Waals surface area contributed by atoms with E-state index in [1.165, 1.54) is 12.1 Å². The van der Waals surface area contributed by atoms with Gasteiger partial charge in [-0.1, -0.05) is 30.3 Å². The molecule has 0 spiro atoms. The van der Waals surface area contributed by atoms with Crippen LogP contribution in [0.1, 0.15) is 18.1 Å². The molecule has 0 unspecified atom stereocenters. The number of carbonyl (C=O) groups is 2. The van der Waals surface area contributed by atoms with Crippen LogP contribution in [-0.2, 0) is 22.2 Å². The Labute approximate surface area is 158 Å². The van der Waals surface area contributed by atoms with Crippen molar-refractivity contribution in [1.82, 2.24) is 0 Å². The largest absolute Gasteiger partial charge is 0.416 e. The van der Waals surface area contributed by atoms with E-state index in [0.717, 1.165) is 34.0 Å². The first-order chi connectivity index (χ1) is 13.3. The van der Waals surface area contributed by atoms with Crippen LogP contribution in [-0.4, -0.2) is 23.9 Å². The van der Waals surface area contributed by atoms with Crippen LogP contribution in [0.4, 0.5) is 24.5 Å². The monoisotopic (exact) mass is 388 g/mol. The van der Waals surface area contributed by atoms with E-state index < -0.39 is 35.6 Å². The van der Waals surface area contributed by atoms with Gasteiger partial charge in [-0.05, 0) is 42.3 Å². The smallest absolute Gasteiger partial charge is 0.271 e. The van der Waals surface area contributed by atoms with Gasteiger partial charge in [-0.15, -0.1) is 0 Å². The van der Waals surface area contributed by atoms with E-state index >= 15 is 0 Å². The van der Waals surface area contributed by atoms with Crippen molar-refractivity contribution in [2.24, 2.45) is 10.3 Å². The zero-order valence-electron chi connectivity index (χ0n) is 14.7. The lowest BCUT2D eigenvalue weighted by Crippen LogP contribution is -2.40. The first kappa shape index (κ1) is 18.1. The van der Waals surface area contributed by atoms with Gasteiger partial charge >= 0.3 is 6.18 Å². The number of carbonyl (C=O) groups excluding carboxylic acids is 2. The molecule has 1 saturated heterocycles. The van der Waals surface area contributed by atoms with E-state index in [-0.39, 0.29) is 5.69 Å². The van der Waals surface area contributed by atoms with Crippen LogP contribution in [0.3, 0.4) is 0 Å². The lowest BCUT2D eigenvalue weighted by molar-refractivity contribution is -0.137. The predicted octanol–water partition coefficient (Wildman–Crippen LogP) is 3.77. The first-order valence-electron chi connectivity index (χ1n) is 8.65. The normalized spacial score (nSPS) is 21.6. The Morgan fingerprint density at radius 1 is 1.00 bits per heavy atom. The summed E-state index contributed by atoms with van der Waals surface area (Å²) >= 11 is 0. The van der Waals surface area contributed by atoms with Gasteiger partial charge in [0.05, 0.1) is 16.9 Å². The zero-order chi connectivity index (χ0) is 20.1. The van der Waals surface area contributed by atoms with Crippen molar-refractivity contribution >= 4 is 23.2 Å². The van der Waals surface area contributed by atoms with Crippen molar-refractivity contribution in [2.45, 2.75) is 31.6 Å². The molecule has 2 aromatic rings. The van der Waals surface area contributed by atoms with Crippen LogP contribution in [0.25, 0.3) is 0 Å². The fourth-order valence-electron chi connectivity index (χ4n) is 3.33. The van der Waals surface area contributed by atoms with E-state index in [0.29, 0.717) is 5.69 Å². The molecule has 0 radical (unpaired) electrons. The van der Waals surface area contributed by atoms with Crippen molar-refractivity contribution < 1.29 is 22.8 Å². The van der Waals surface area contributed by atoms with E-state index in [1.54, 1.807) is 12.1 Å². The molecule has 2 atom stereocenters. The molecule has 9 heteroatoms. The summed E-state index contributed by atoms with van der Waals surface area (Å²) in [5, 5.41) is 8.72. The summed E-state index contributed by atoms with van der Waals surface area (Å²) in [4.78, 5) is 26.7. The van der Waals surface area contributed by atoms with Gasteiger partial charge in [0.25, 0.3) is 11.8 Å². The number of rotatable bonds is 3. The van der Waals surface area contributed by atoms with E-state index in [4.69, 9.17) is 0 Å². The molecule has 144 valence electrons. The topological polar surface area (TPSA) is 65.3 Å². The number of imide groups is 1. The van der Waals surface area contributed by atoms with Crippen molar-refractivity contribution in [3.63, 3.8) is 0 Å². The van der Waals surface area contributed by atoms with Crippen molar-refractivity contribution in [3.05, 3.63) is 59.7 Å². The van der Waals surface area contributed by atoms with Crippen molar-refractivity contribution in [3.8, 4) is 0 Å². The third kappa shape index (κ3) is 2.83. The molecule has 0 saturated carbocycles. The fourth-order valence-corrected chi connectivity index (χ4v) is 3.33. The standard InChI is InChI=1S/C19H15F3N4O2/c1-2-11-6-8-13(9-7-11)25-17(27)15-16(18(25)28)26(24-23-15)14-5-3-4-12(10-14)19(20,21)22/h3-10,15-16H,2H2,1H3/t15-,16+/m1/s1. The van der Waals surface area contributed by atoms with Crippen LogP contribution in [0, 0.1) is 0 Å². The average molecular weight is 388 g/mol. The Hall–Kier alpha value is -3.23. The second-order valence-electron chi connectivity index (χ2n) is 6.52. The Morgan fingerprint density at radius 2 is 1.71 bits per heavy atom. The van der Waals surface area contributed by atoms with Gasteiger partial charge in [0, 0.05) is 0 Å². The molecule has 6 nitrogen and oxygen atoms in total. The van der Waals surface area contributed by atoms with Crippen molar-refractivity contribution in [2.75, 3.05) is 9.91 Å². The number of aryl methyl sites for hydroxylation is 1. The third-order valence-electron chi connectivity index (χ3n) is 4.82. The Bertz CT molecular complexity index is 972. The van der Waals surface area contributed by atoms with Crippen LogP contribution >= 0.6 is 0 Å². The molecule has 0 N–H and O–H groups in total. The van der Waals surface area contributed by atoms with Gasteiger partial charge < -0.3 is 0 Å². The van der Waals surface area contributed by atoms with Crippen LogP contribution < -0.4 is 9.91 Å². The molecule has 2 aliphatic rings. The minimum Gasteiger partial charge on any atom is -0.271 e. The number of hydrogen-bond donors (Lipinski definition) is 0. The van der Waals surface area contributed by atoms with E-state index in [2.05, 4.69) is 10.3 Å². The molecule has 2 heterocycles. The Morgan fingerprint density at radius 3 is 2.36 bits per heavy atom. The van der Waals surface area contributed by atoms with Gasteiger partial charge in [0.1, 0.15) is 0 Å². The molecule has 0 bridgehead atoms. The third-order valence-corrected chi connectivity index (χ3v) is 4.82. The quantitative estimate of drug-likeness (QED) is 0.752. The molecule has 4 rings (SSSR count). The summed E-state index contributed by atoms with van der Waals surface area (Å²) in [5.74, 6) is -1.11. The summed E-state index contributed by atoms with van der Waals surface area (Å²) < 4.78 is 39.0. The van der Waals surface area contributed by atoms with Crippen LogP contribution in [0.5, 0.6) is 0 Å². The van der Waals surface area contributed by atoms with Gasteiger partial charge in [-0.2, -0.15) is 18.3 Å². The fraction of sp³-hybridized carbons (Fsp3) is 0.263. The predicted molar refractivity (Wildman–Crippen MR) is 94.7 cm³/mol. The Balaban J connectivity index is 1.66. The molecule has 28 heavy (non-hydrogen) atoms. The number of anilines is 2. The molecule has 2 aliphatic heterocycles. The lowest BCUT2D eigenvalue weighted by Gasteiger charge is -2.21. The highest BCUT2D eigenvalue weighted by Gasteiger charge is 2.55.